The average molecular weight is 346 g/mol. The van der Waals surface area contributed by atoms with Crippen molar-refractivity contribution in [2.75, 3.05) is 0 Å². The number of aliphatic hydroxyl groups excluding tert-OH is 1. The van der Waals surface area contributed by atoms with E-state index in [1.165, 1.54) is 0 Å². The molecule has 0 amide bonds. The maximum Gasteiger partial charge on any atom is 0.106 e. The first-order valence-electron chi connectivity index (χ1n) is 5.38. The lowest BCUT2D eigenvalue weighted by Gasteiger charge is -2.15. The first-order valence-corrected chi connectivity index (χ1v) is 6.93. The van der Waals surface area contributed by atoms with E-state index < -0.39 is 6.10 Å². The van der Waals surface area contributed by atoms with Gasteiger partial charge in [0.2, 0.25) is 0 Å². The predicted octanol–water partition coefficient (Wildman–Crippen LogP) is 5.15. The molecular weight excluding hydrogens is 335 g/mol. The van der Waals surface area contributed by atoms with Crippen LogP contribution in [-0.2, 0) is 0 Å². The summed E-state index contributed by atoms with van der Waals surface area (Å²) in [5, 5.41) is 11.2. The van der Waals surface area contributed by atoms with E-state index in [-0.39, 0.29) is 0 Å². The van der Waals surface area contributed by atoms with Gasteiger partial charge < -0.3 is 5.11 Å². The average Bonchev–Trinajstić information content (AvgIpc) is 2.35. The zero-order chi connectivity index (χ0) is 13.3. The molecule has 0 aromatic heterocycles. The molecule has 2 rings (SSSR count). The summed E-state index contributed by atoms with van der Waals surface area (Å²) in [5.41, 5.74) is 2.47. The highest BCUT2D eigenvalue weighted by atomic mass is 79.9. The molecule has 0 aliphatic heterocycles. The van der Waals surface area contributed by atoms with Gasteiger partial charge in [-0.2, -0.15) is 0 Å². The number of rotatable bonds is 2. The molecule has 0 radical (unpaired) electrons. The summed E-state index contributed by atoms with van der Waals surface area (Å²) in [6, 6.07) is 10.9. The fourth-order valence-corrected chi connectivity index (χ4v) is 2.41. The van der Waals surface area contributed by atoms with Gasteiger partial charge in [0.25, 0.3) is 0 Å². The fourth-order valence-electron chi connectivity index (χ4n) is 1.75. The van der Waals surface area contributed by atoms with Crippen LogP contribution in [0.1, 0.15) is 22.8 Å². The molecule has 18 heavy (non-hydrogen) atoms. The van der Waals surface area contributed by atoms with E-state index in [2.05, 4.69) is 15.9 Å². The molecule has 1 N–H and O–H groups in total. The van der Waals surface area contributed by atoms with Gasteiger partial charge in [0, 0.05) is 10.0 Å². The second-order valence-corrected chi connectivity index (χ2v) is 5.69. The van der Waals surface area contributed by atoms with Crippen molar-refractivity contribution in [2.45, 2.75) is 13.0 Å². The van der Waals surface area contributed by atoms with Crippen molar-refractivity contribution in [2.24, 2.45) is 0 Å². The lowest BCUT2D eigenvalue weighted by molar-refractivity contribution is 0.220. The predicted molar refractivity (Wildman–Crippen MR) is 79.4 cm³/mol. The minimum Gasteiger partial charge on any atom is -0.384 e. The van der Waals surface area contributed by atoms with Crippen LogP contribution in [-0.4, -0.2) is 5.11 Å². The minimum absolute atomic E-state index is 0.396. The van der Waals surface area contributed by atoms with Crippen LogP contribution >= 0.6 is 39.1 Å². The molecule has 0 spiro atoms. The van der Waals surface area contributed by atoms with E-state index in [1.54, 1.807) is 18.2 Å². The van der Waals surface area contributed by atoms with Gasteiger partial charge in [-0.15, -0.1) is 0 Å². The molecule has 2 aromatic rings. The van der Waals surface area contributed by atoms with Crippen molar-refractivity contribution >= 4 is 39.1 Å². The lowest BCUT2D eigenvalue weighted by Crippen LogP contribution is -2.01. The number of benzene rings is 2. The topological polar surface area (TPSA) is 20.2 Å². The molecule has 1 nitrogen and oxygen atoms in total. The van der Waals surface area contributed by atoms with Gasteiger partial charge in [-0.25, -0.2) is 0 Å². The van der Waals surface area contributed by atoms with Gasteiger partial charge in [0.05, 0.1) is 10.0 Å². The Morgan fingerprint density at radius 2 is 1.89 bits per heavy atom. The van der Waals surface area contributed by atoms with Crippen LogP contribution in [0, 0.1) is 6.92 Å². The molecule has 0 heterocycles. The molecule has 0 aliphatic carbocycles. The Labute approximate surface area is 124 Å². The second kappa shape index (κ2) is 5.62. The van der Waals surface area contributed by atoms with Crippen molar-refractivity contribution in [3.63, 3.8) is 0 Å². The zero-order valence-corrected chi connectivity index (χ0v) is 12.7. The molecule has 2 aromatic carbocycles. The van der Waals surface area contributed by atoms with Gasteiger partial charge in [0.1, 0.15) is 6.10 Å². The standard InChI is InChI=1S/C14H11BrCl2O/c1-8-7-9(5-6-11(8)15)14(18)10-3-2-4-12(16)13(10)17/h2-7,14,18H,1H3. The smallest absolute Gasteiger partial charge is 0.106 e. The van der Waals surface area contributed by atoms with Gasteiger partial charge >= 0.3 is 0 Å². The molecule has 0 saturated carbocycles. The summed E-state index contributed by atoms with van der Waals surface area (Å²) in [6.45, 7) is 1.97. The van der Waals surface area contributed by atoms with E-state index in [4.69, 9.17) is 23.2 Å². The summed E-state index contributed by atoms with van der Waals surface area (Å²) in [6.07, 6.45) is -0.775. The van der Waals surface area contributed by atoms with Gasteiger partial charge in [-0.1, -0.05) is 63.4 Å². The molecule has 0 aliphatic rings. The summed E-state index contributed by atoms with van der Waals surface area (Å²) in [5.74, 6) is 0. The molecule has 0 fully saturated rings. The largest absolute Gasteiger partial charge is 0.384 e. The van der Waals surface area contributed by atoms with Crippen molar-refractivity contribution in [1.29, 1.82) is 0 Å². The van der Waals surface area contributed by atoms with Crippen LogP contribution in [0.25, 0.3) is 0 Å². The third-order valence-electron chi connectivity index (χ3n) is 2.77. The number of halogens is 3. The quantitative estimate of drug-likeness (QED) is 0.798. The second-order valence-electron chi connectivity index (χ2n) is 4.05. The van der Waals surface area contributed by atoms with Crippen LogP contribution in [0.3, 0.4) is 0 Å². The monoisotopic (exact) mass is 344 g/mol. The Kier molecular flexibility index (Phi) is 4.33. The van der Waals surface area contributed by atoms with Crippen LogP contribution in [0.5, 0.6) is 0 Å². The first-order chi connectivity index (χ1) is 8.50. The van der Waals surface area contributed by atoms with E-state index >= 15 is 0 Å². The molecule has 0 bridgehead atoms. The van der Waals surface area contributed by atoms with Crippen molar-refractivity contribution in [3.8, 4) is 0 Å². The first kappa shape index (κ1) is 13.9. The SMILES string of the molecule is Cc1cc(C(O)c2cccc(Cl)c2Cl)ccc1Br. The summed E-state index contributed by atoms with van der Waals surface area (Å²) in [4.78, 5) is 0. The van der Waals surface area contributed by atoms with Crippen LogP contribution < -0.4 is 0 Å². The van der Waals surface area contributed by atoms with E-state index in [0.29, 0.717) is 15.6 Å². The summed E-state index contributed by atoms with van der Waals surface area (Å²) < 4.78 is 1.01. The molecule has 1 atom stereocenters. The number of hydrogen-bond donors (Lipinski definition) is 1. The highest BCUT2D eigenvalue weighted by Gasteiger charge is 2.16. The van der Waals surface area contributed by atoms with Crippen molar-refractivity contribution in [3.05, 3.63) is 67.6 Å². The zero-order valence-electron chi connectivity index (χ0n) is 9.62. The molecular formula is C14H11BrCl2O. The maximum absolute atomic E-state index is 10.4. The van der Waals surface area contributed by atoms with E-state index in [1.807, 2.05) is 25.1 Å². The normalized spacial score (nSPS) is 12.5. The summed E-state index contributed by atoms with van der Waals surface area (Å²) >= 11 is 15.5. The highest BCUT2D eigenvalue weighted by molar-refractivity contribution is 9.10. The minimum atomic E-state index is -0.775. The molecule has 0 saturated heterocycles. The van der Waals surface area contributed by atoms with Gasteiger partial charge in [-0.05, 0) is 30.2 Å². The van der Waals surface area contributed by atoms with Crippen LogP contribution in [0.15, 0.2) is 40.9 Å². The Bertz CT molecular complexity index is 584. The third-order valence-corrected chi connectivity index (χ3v) is 4.50. The Morgan fingerprint density at radius 3 is 2.56 bits per heavy atom. The van der Waals surface area contributed by atoms with Crippen molar-refractivity contribution < 1.29 is 5.11 Å². The van der Waals surface area contributed by atoms with E-state index in [9.17, 15) is 5.11 Å². The van der Waals surface area contributed by atoms with Crippen LogP contribution in [0.4, 0.5) is 0 Å². The maximum atomic E-state index is 10.4. The molecule has 4 heteroatoms. The highest BCUT2D eigenvalue weighted by Crippen LogP contribution is 2.33. The Hall–Kier alpha value is -0.540. The Morgan fingerprint density at radius 1 is 1.17 bits per heavy atom. The van der Waals surface area contributed by atoms with Gasteiger partial charge in [0.15, 0.2) is 0 Å². The summed E-state index contributed by atoms with van der Waals surface area (Å²) in [7, 11) is 0. The fraction of sp³-hybridized carbons (Fsp3) is 0.143. The molecule has 94 valence electrons. The van der Waals surface area contributed by atoms with E-state index in [0.717, 1.165) is 15.6 Å². The number of aliphatic hydroxyl groups is 1. The number of hydrogen-bond acceptors (Lipinski definition) is 1. The third kappa shape index (κ3) is 2.72. The molecule has 1 unspecified atom stereocenters. The Balaban J connectivity index is 2.44. The number of aryl methyl sites for hydroxylation is 1. The van der Waals surface area contributed by atoms with Crippen molar-refractivity contribution in [1.82, 2.24) is 0 Å². The lowest BCUT2D eigenvalue weighted by atomic mass is 10.00. The van der Waals surface area contributed by atoms with Gasteiger partial charge in [-0.3, -0.25) is 0 Å². The van der Waals surface area contributed by atoms with Crippen LogP contribution in [0.2, 0.25) is 10.0 Å².